The maximum absolute atomic E-state index is 11.9. The topological polar surface area (TPSA) is 75.1 Å². The molecule has 94 valence electrons. The second-order valence-corrected chi connectivity index (χ2v) is 5.39. The van der Waals surface area contributed by atoms with Crippen molar-refractivity contribution in [3.05, 3.63) is 10.6 Å². The standard InChI is InChI=1S/C11H17N3O2S/c1-2-3-8-9(17-14-13-8)10(16)12-6-11(7-15)4-5-11/h15H,2-7H2,1H3,(H,12,16). The zero-order chi connectivity index (χ0) is 12.3. The van der Waals surface area contributed by atoms with Crippen LogP contribution in [0.4, 0.5) is 0 Å². The van der Waals surface area contributed by atoms with Crippen molar-refractivity contribution in [3.63, 3.8) is 0 Å². The first kappa shape index (κ1) is 12.4. The van der Waals surface area contributed by atoms with Gasteiger partial charge in [-0.25, -0.2) is 0 Å². The van der Waals surface area contributed by atoms with Gasteiger partial charge in [-0.05, 0) is 30.8 Å². The molecule has 0 spiro atoms. The summed E-state index contributed by atoms with van der Waals surface area (Å²) in [6, 6.07) is 0. The smallest absolute Gasteiger partial charge is 0.264 e. The van der Waals surface area contributed by atoms with E-state index in [1.165, 1.54) is 0 Å². The first-order valence-electron chi connectivity index (χ1n) is 5.91. The average molecular weight is 255 g/mol. The molecule has 1 aromatic rings. The number of nitrogens with zero attached hydrogens (tertiary/aromatic N) is 2. The molecule has 0 unspecified atom stereocenters. The van der Waals surface area contributed by atoms with Crippen molar-refractivity contribution in [2.24, 2.45) is 5.41 Å². The van der Waals surface area contributed by atoms with Crippen LogP contribution in [0.15, 0.2) is 0 Å². The Balaban J connectivity index is 1.92. The highest BCUT2D eigenvalue weighted by Gasteiger charge is 2.42. The van der Waals surface area contributed by atoms with Crippen molar-refractivity contribution < 1.29 is 9.90 Å². The number of aromatic nitrogens is 2. The van der Waals surface area contributed by atoms with E-state index in [-0.39, 0.29) is 17.9 Å². The monoisotopic (exact) mass is 255 g/mol. The van der Waals surface area contributed by atoms with Gasteiger partial charge in [0.15, 0.2) is 0 Å². The summed E-state index contributed by atoms with van der Waals surface area (Å²) in [5.74, 6) is -0.108. The Labute approximate surface area is 104 Å². The van der Waals surface area contributed by atoms with E-state index in [0.29, 0.717) is 11.4 Å². The first-order valence-corrected chi connectivity index (χ1v) is 6.68. The molecule has 0 saturated heterocycles. The van der Waals surface area contributed by atoms with Crippen molar-refractivity contribution in [2.75, 3.05) is 13.2 Å². The molecule has 1 heterocycles. The molecule has 0 radical (unpaired) electrons. The van der Waals surface area contributed by atoms with Gasteiger partial charge < -0.3 is 10.4 Å². The van der Waals surface area contributed by atoms with Crippen LogP contribution in [0.5, 0.6) is 0 Å². The van der Waals surface area contributed by atoms with E-state index >= 15 is 0 Å². The first-order chi connectivity index (χ1) is 8.21. The Bertz CT molecular complexity index is 401. The molecule has 1 fully saturated rings. The molecule has 6 heteroatoms. The summed E-state index contributed by atoms with van der Waals surface area (Å²) in [5.41, 5.74) is 0.724. The van der Waals surface area contributed by atoms with Gasteiger partial charge in [-0.15, -0.1) is 5.10 Å². The Hall–Kier alpha value is -1.01. The van der Waals surface area contributed by atoms with Gasteiger partial charge in [0.2, 0.25) is 0 Å². The fraction of sp³-hybridized carbons (Fsp3) is 0.727. The van der Waals surface area contributed by atoms with Gasteiger partial charge in [-0.1, -0.05) is 17.8 Å². The second-order valence-electron chi connectivity index (χ2n) is 4.64. The molecular formula is C11H17N3O2S. The third-order valence-corrected chi connectivity index (χ3v) is 3.93. The van der Waals surface area contributed by atoms with Crippen LogP contribution in [0.25, 0.3) is 0 Å². The minimum absolute atomic E-state index is 0.0568. The summed E-state index contributed by atoms with van der Waals surface area (Å²) < 4.78 is 3.82. The fourth-order valence-electron chi connectivity index (χ4n) is 1.70. The van der Waals surface area contributed by atoms with E-state index in [2.05, 4.69) is 14.9 Å². The molecule has 0 aromatic carbocycles. The number of hydrogen-bond acceptors (Lipinski definition) is 5. The molecule has 0 aliphatic heterocycles. The summed E-state index contributed by atoms with van der Waals surface area (Å²) in [7, 11) is 0. The van der Waals surface area contributed by atoms with Gasteiger partial charge in [0.1, 0.15) is 4.88 Å². The van der Waals surface area contributed by atoms with Gasteiger partial charge >= 0.3 is 0 Å². The molecule has 0 atom stereocenters. The highest BCUT2D eigenvalue weighted by Crippen LogP contribution is 2.44. The quantitative estimate of drug-likeness (QED) is 0.795. The normalized spacial score (nSPS) is 16.8. The minimum Gasteiger partial charge on any atom is -0.396 e. The molecule has 2 N–H and O–H groups in total. The number of aliphatic hydroxyl groups excluding tert-OH is 1. The molecule has 1 aliphatic rings. The molecule has 1 saturated carbocycles. The van der Waals surface area contributed by atoms with Gasteiger partial charge in [0.25, 0.3) is 5.91 Å². The predicted octanol–water partition coefficient (Wildman–Crippen LogP) is 0.993. The van der Waals surface area contributed by atoms with Crippen LogP contribution in [0, 0.1) is 5.41 Å². The average Bonchev–Trinajstić information content (AvgIpc) is 2.98. The van der Waals surface area contributed by atoms with Crippen molar-refractivity contribution >= 4 is 17.4 Å². The lowest BCUT2D eigenvalue weighted by Gasteiger charge is -2.12. The maximum atomic E-state index is 11.9. The van der Waals surface area contributed by atoms with Crippen LogP contribution in [-0.4, -0.2) is 33.8 Å². The van der Waals surface area contributed by atoms with Gasteiger partial charge in [0.05, 0.1) is 12.3 Å². The number of carbonyl (C=O) groups excluding carboxylic acids is 1. The molecule has 1 aromatic heterocycles. The van der Waals surface area contributed by atoms with Crippen molar-refractivity contribution in [3.8, 4) is 0 Å². The molecule has 0 bridgehead atoms. The second kappa shape index (κ2) is 5.10. The number of hydrogen-bond donors (Lipinski definition) is 2. The summed E-state index contributed by atoms with van der Waals surface area (Å²) in [4.78, 5) is 12.5. The summed E-state index contributed by atoms with van der Waals surface area (Å²) in [6.45, 7) is 2.74. The Morgan fingerprint density at radius 3 is 2.94 bits per heavy atom. The molecule has 2 rings (SSSR count). The number of nitrogens with one attached hydrogen (secondary N) is 1. The molecule has 1 amide bonds. The van der Waals surface area contributed by atoms with Gasteiger partial charge in [-0.3, -0.25) is 4.79 Å². The van der Waals surface area contributed by atoms with Crippen LogP contribution in [-0.2, 0) is 6.42 Å². The Morgan fingerprint density at radius 2 is 2.35 bits per heavy atom. The summed E-state index contributed by atoms with van der Waals surface area (Å²) in [6.07, 6.45) is 3.72. The number of rotatable bonds is 6. The number of aliphatic hydroxyl groups is 1. The van der Waals surface area contributed by atoms with Crippen molar-refractivity contribution in [2.45, 2.75) is 32.6 Å². The Kier molecular flexibility index (Phi) is 3.73. The van der Waals surface area contributed by atoms with Crippen molar-refractivity contribution in [1.29, 1.82) is 0 Å². The minimum atomic E-state index is -0.108. The van der Waals surface area contributed by atoms with Crippen LogP contribution >= 0.6 is 11.5 Å². The van der Waals surface area contributed by atoms with Gasteiger partial charge in [-0.2, -0.15) is 0 Å². The number of amides is 1. The number of aryl methyl sites for hydroxylation is 1. The van der Waals surface area contributed by atoms with Gasteiger partial charge in [0, 0.05) is 12.0 Å². The summed E-state index contributed by atoms with van der Waals surface area (Å²) >= 11 is 1.14. The molecular weight excluding hydrogens is 238 g/mol. The molecule has 17 heavy (non-hydrogen) atoms. The van der Waals surface area contributed by atoms with E-state index in [9.17, 15) is 4.79 Å². The van der Waals surface area contributed by atoms with Crippen LogP contribution in [0.3, 0.4) is 0 Å². The van der Waals surface area contributed by atoms with E-state index in [1.807, 2.05) is 6.92 Å². The highest BCUT2D eigenvalue weighted by molar-refractivity contribution is 7.08. The van der Waals surface area contributed by atoms with E-state index < -0.39 is 0 Å². The van der Waals surface area contributed by atoms with E-state index in [4.69, 9.17) is 5.11 Å². The third kappa shape index (κ3) is 2.81. The van der Waals surface area contributed by atoms with Crippen LogP contribution in [0.1, 0.15) is 41.6 Å². The fourth-order valence-corrected chi connectivity index (χ4v) is 2.32. The highest BCUT2D eigenvalue weighted by atomic mass is 32.1. The largest absolute Gasteiger partial charge is 0.396 e. The van der Waals surface area contributed by atoms with Crippen molar-refractivity contribution in [1.82, 2.24) is 14.9 Å². The van der Waals surface area contributed by atoms with Crippen LogP contribution in [0.2, 0.25) is 0 Å². The zero-order valence-corrected chi connectivity index (χ0v) is 10.7. The SMILES string of the molecule is CCCc1nnsc1C(=O)NCC1(CO)CC1. The Morgan fingerprint density at radius 1 is 1.59 bits per heavy atom. The molecule has 5 nitrogen and oxygen atoms in total. The molecule has 1 aliphatic carbocycles. The maximum Gasteiger partial charge on any atom is 0.264 e. The van der Waals surface area contributed by atoms with E-state index in [1.54, 1.807) is 0 Å². The lowest BCUT2D eigenvalue weighted by Crippen LogP contribution is -2.31. The lowest BCUT2D eigenvalue weighted by molar-refractivity contribution is 0.0938. The van der Waals surface area contributed by atoms with E-state index in [0.717, 1.165) is 42.9 Å². The van der Waals surface area contributed by atoms with Crippen LogP contribution < -0.4 is 5.32 Å². The summed E-state index contributed by atoms with van der Waals surface area (Å²) in [5, 5.41) is 16.0. The predicted molar refractivity (Wildman–Crippen MR) is 65.0 cm³/mol. The lowest BCUT2D eigenvalue weighted by atomic mass is 10.1. The zero-order valence-electron chi connectivity index (χ0n) is 9.90. The third-order valence-electron chi connectivity index (χ3n) is 3.17. The number of carbonyl (C=O) groups is 1.